The zero-order valence-corrected chi connectivity index (χ0v) is 14.8. The molecule has 24 heavy (non-hydrogen) atoms. The Kier molecular flexibility index (Phi) is 4.18. The van der Waals surface area contributed by atoms with Crippen molar-refractivity contribution in [2.45, 2.75) is 5.33 Å². The van der Waals surface area contributed by atoms with Gasteiger partial charge in [0.25, 0.3) is 0 Å². The summed E-state index contributed by atoms with van der Waals surface area (Å²) in [6.07, 6.45) is 0. The van der Waals surface area contributed by atoms with E-state index in [4.69, 9.17) is 0 Å². The second kappa shape index (κ2) is 6.62. The predicted molar refractivity (Wildman–Crippen MR) is 109 cm³/mol. The van der Waals surface area contributed by atoms with Crippen LogP contribution in [0.15, 0.2) is 91.0 Å². The Hall–Kier alpha value is -2.38. The van der Waals surface area contributed by atoms with Crippen molar-refractivity contribution in [2.24, 2.45) is 0 Å². The predicted octanol–water partition coefficient (Wildman–Crippen LogP) is 7.17. The minimum absolute atomic E-state index is 0.952. The quantitative estimate of drug-likeness (QED) is 0.216. The molecule has 116 valence electrons. The summed E-state index contributed by atoms with van der Waals surface area (Å²) in [7, 11) is 0. The molecule has 0 atom stereocenters. The molecule has 1 heteroatoms. The van der Waals surface area contributed by atoms with Gasteiger partial charge >= 0.3 is 0 Å². The Bertz CT molecular complexity index is 951. The standard InChI is InChI=1S/C16H10.C7H7Br/c1-3-11-7-9-13-5-2-6-14-10-8-12(4-1)15(11)16(13)14;8-6-7-4-2-1-3-5-7/h1-10H;1-5H,6H2. The summed E-state index contributed by atoms with van der Waals surface area (Å²) in [5.41, 5.74) is 1.33. The van der Waals surface area contributed by atoms with Crippen LogP contribution in [-0.4, -0.2) is 0 Å². The fourth-order valence-electron chi connectivity index (χ4n) is 3.24. The highest BCUT2D eigenvalue weighted by Gasteiger charge is 2.05. The van der Waals surface area contributed by atoms with Gasteiger partial charge in [0.05, 0.1) is 0 Å². The molecule has 0 nitrogen and oxygen atoms in total. The van der Waals surface area contributed by atoms with Gasteiger partial charge in [-0.05, 0) is 37.9 Å². The number of alkyl halides is 1. The average molecular weight is 373 g/mol. The third-order valence-electron chi connectivity index (χ3n) is 4.39. The first-order valence-corrected chi connectivity index (χ1v) is 9.21. The van der Waals surface area contributed by atoms with E-state index in [9.17, 15) is 0 Å². The lowest BCUT2D eigenvalue weighted by molar-refractivity contribution is 1.44. The van der Waals surface area contributed by atoms with E-state index in [1.54, 1.807) is 0 Å². The molecule has 0 radical (unpaired) electrons. The van der Waals surface area contributed by atoms with Gasteiger partial charge in [0.15, 0.2) is 0 Å². The van der Waals surface area contributed by atoms with Gasteiger partial charge in [-0.3, -0.25) is 0 Å². The zero-order chi connectivity index (χ0) is 16.4. The van der Waals surface area contributed by atoms with Crippen LogP contribution in [0.3, 0.4) is 0 Å². The van der Waals surface area contributed by atoms with Crippen LogP contribution in [0.1, 0.15) is 5.56 Å². The molecule has 0 spiro atoms. The van der Waals surface area contributed by atoms with E-state index < -0.39 is 0 Å². The van der Waals surface area contributed by atoms with Gasteiger partial charge in [0, 0.05) is 5.33 Å². The van der Waals surface area contributed by atoms with Crippen molar-refractivity contribution in [1.82, 2.24) is 0 Å². The molecule has 5 aromatic rings. The van der Waals surface area contributed by atoms with Gasteiger partial charge in [-0.15, -0.1) is 0 Å². The summed E-state index contributed by atoms with van der Waals surface area (Å²) in [5.74, 6) is 0. The molecule has 5 aromatic carbocycles. The van der Waals surface area contributed by atoms with Crippen LogP contribution in [0.25, 0.3) is 32.3 Å². The second-order valence-corrected chi connectivity index (χ2v) is 6.47. The third-order valence-corrected chi connectivity index (χ3v) is 5.04. The smallest absolute Gasteiger partial charge is 0.0283 e. The molecular formula is C23H17Br. The van der Waals surface area contributed by atoms with E-state index in [1.165, 1.54) is 37.9 Å². The lowest BCUT2D eigenvalue weighted by Crippen LogP contribution is -1.82. The Labute approximate surface area is 150 Å². The molecule has 0 aliphatic rings. The first kappa shape index (κ1) is 15.2. The number of hydrogen-bond acceptors (Lipinski definition) is 0. The molecule has 0 aromatic heterocycles. The molecule has 0 fully saturated rings. The molecule has 0 amide bonds. The van der Waals surface area contributed by atoms with E-state index in [1.807, 2.05) is 18.2 Å². The molecule has 0 heterocycles. The largest absolute Gasteiger partial charge is 0.0876 e. The van der Waals surface area contributed by atoms with E-state index in [-0.39, 0.29) is 0 Å². The van der Waals surface area contributed by atoms with Crippen LogP contribution in [0.2, 0.25) is 0 Å². The Morgan fingerprint density at radius 3 is 1.21 bits per heavy atom. The van der Waals surface area contributed by atoms with Crippen LogP contribution >= 0.6 is 15.9 Å². The maximum absolute atomic E-state index is 3.36. The average Bonchev–Trinajstić information content (AvgIpc) is 2.67. The lowest BCUT2D eigenvalue weighted by atomic mass is 9.95. The molecule has 0 saturated carbocycles. The fraction of sp³-hybridized carbons (Fsp3) is 0.0435. The monoisotopic (exact) mass is 372 g/mol. The minimum Gasteiger partial charge on any atom is -0.0876 e. The minimum atomic E-state index is 0.952. The van der Waals surface area contributed by atoms with Crippen molar-refractivity contribution >= 4 is 48.2 Å². The van der Waals surface area contributed by atoms with Crippen molar-refractivity contribution in [3.05, 3.63) is 96.6 Å². The Morgan fingerprint density at radius 2 is 0.875 bits per heavy atom. The van der Waals surface area contributed by atoms with Crippen LogP contribution in [0, 0.1) is 0 Å². The van der Waals surface area contributed by atoms with Crippen molar-refractivity contribution < 1.29 is 0 Å². The summed E-state index contributed by atoms with van der Waals surface area (Å²) in [6, 6.07) is 32.1. The normalized spacial score (nSPS) is 10.9. The topological polar surface area (TPSA) is 0 Å². The first-order chi connectivity index (χ1) is 11.9. The van der Waals surface area contributed by atoms with E-state index in [0.717, 1.165) is 5.33 Å². The van der Waals surface area contributed by atoms with E-state index >= 15 is 0 Å². The van der Waals surface area contributed by atoms with Crippen molar-refractivity contribution in [2.75, 3.05) is 0 Å². The molecule has 0 saturated heterocycles. The maximum atomic E-state index is 3.36. The Morgan fingerprint density at radius 1 is 0.458 bits per heavy atom. The van der Waals surface area contributed by atoms with Crippen molar-refractivity contribution in [3.8, 4) is 0 Å². The van der Waals surface area contributed by atoms with Crippen LogP contribution in [0.4, 0.5) is 0 Å². The lowest BCUT2D eigenvalue weighted by Gasteiger charge is -2.09. The summed E-state index contributed by atoms with van der Waals surface area (Å²) >= 11 is 3.36. The molecule has 0 bridgehead atoms. The van der Waals surface area contributed by atoms with Crippen LogP contribution < -0.4 is 0 Å². The van der Waals surface area contributed by atoms with Gasteiger partial charge in [-0.2, -0.15) is 0 Å². The summed E-state index contributed by atoms with van der Waals surface area (Å²) in [4.78, 5) is 0. The summed E-state index contributed by atoms with van der Waals surface area (Å²) < 4.78 is 0. The van der Waals surface area contributed by atoms with Crippen molar-refractivity contribution in [1.29, 1.82) is 0 Å². The van der Waals surface area contributed by atoms with Crippen LogP contribution in [0.5, 0.6) is 0 Å². The molecule has 0 N–H and O–H groups in total. The van der Waals surface area contributed by atoms with Gasteiger partial charge < -0.3 is 0 Å². The third kappa shape index (κ3) is 2.76. The van der Waals surface area contributed by atoms with E-state index in [0.29, 0.717) is 0 Å². The van der Waals surface area contributed by atoms with Gasteiger partial charge in [0.2, 0.25) is 0 Å². The maximum Gasteiger partial charge on any atom is 0.0283 e. The Balaban J connectivity index is 0.000000155. The SMILES string of the molecule is BrCc1ccccc1.c1cc2ccc3cccc4ccc(c1)c2c34. The van der Waals surface area contributed by atoms with Gasteiger partial charge in [-0.1, -0.05) is 107 Å². The highest BCUT2D eigenvalue weighted by Crippen LogP contribution is 2.33. The molecule has 5 rings (SSSR count). The molecule has 0 aliphatic heterocycles. The second-order valence-electron chi connectivity index (χ2n) is 5.91. The van der Waals surface area contributed by atoms with Crippen LogP contribution in [-0.2, 0) is 5.33 Å². The van der Waals surface area contributed by atoms with Crippen molar-refractivity contribution in [3.63, 3.8) is 0 Å². The number of halogens is 1. The number of hydrogen-bond donors (Lipinski definition) is 0. The van der Waals surface area contributed by atoms with E-state index in [2.05, 4.69) is 88.7 Å². The van der Waals surface area contributed by atoms with Gasteiger partial charge in [-0.25, -0.2) is 0 Å². The highest BCUT2D eigenvalue weighted by molar-refractivity contribution is 9.08. The fourth-order valence-corrected chi connectivity index (χ4v) is 3.61. The molecule has 0 unspecified atom stereocenters. The molecular weight excluding hydrogens is 356 g/mol. The van der Waals surface area contributed by atoms with Gasteiger partial charge in [0.1, 0.15) is 0 Å². The molecule has 0 aliphatic carbocycles. The highest BCUT2D eigenvalue weighted by atomic mass is 79.9. The number of benzene rings is 5. The number of rotatable bonds is 1. The first-order valence-electron chi connectivity index (χ1n) is 8.09. The summed E-state index contributed by atoms with van der Waals surface area (Å²) in [5, 5.41) is 9.09. The summed E-state index contributed by atoms with van der Waals surface area (Å²) in [6.45, 7) is 0. The zero-order valence-electron chi connectivity index (χ0n) is 13.2.